The molecular formula is C22H14ClFN4O. The number of methoxy groups -OCH3 is 1. The van der Waals surface area contributed by atoms with Crippen LogP contribution < -0.4 is 4.74 Å². The lowest BCUT2D eigenvalue weighted by molar-refractivity contribution is 0.415. The van der Waals surface area contributed by atoms with Crippen LogP contribution in [0.3, 0.4) is 0 Å². The fraction of sp³-hybridized carbons (Fsp3) is 0.0455. The maximum Gasteiger partial charge on any atom is 0.199 e. The van der Waals surface area contributed by atoms with Crippen molar-refractivity contribution in [3.63, 3.8) is 0 Å². The molecule has 5 rings (SSSR count). The largest absolute Gasteiger partial charge is 0.497 e. The molecule has 0 aliphatic carbocycles. The topological polar surface area (TPSA) is 52.8 Å². The molecule has 2 heterocycles. The number of nitrogens with zero attached hydrogens (tertiary/aromatic N) is 4. The summed E-state index contributed by atoms with van der Waals surface area (Å²) in [6.45, 7) is 0. The molecule has 142 valence electrons. The van der Waals surface area contributed by atoms with Crippen LogP contribution in [0.2, 0.25) is 5.02 Å². The lowest BCUT2D eigenvalue weighted by Crippen LogP contribution is -2.00. The monoisotopic (exact) mass is 404 g/mol. The van der Waals surface area contributed by atoms with Crippen LogP contribution >= 0.6 is 11.6 Å². The van der Waals surface area contributed by atoms with Gasteiger partial charge in [0.1, 0.15) is 17.4 Å². The molecule has 0 radical (unpaired) electrons. The number of para-hydroxylation sites is 2. The zero-order valence-corrected chi connectivity index (χ0v) is 16.1. The number of ether oxygens (including phenoxy) is 1. The lowest BCUT2D eigenvalue weighted by Gasteiger charge is -2.10. The Labute approximate surface area is 170 Å². The fourth-order valence-electron chi connectivity index (χ4n) is 3.26. The zero-order chi connectivity index (χ0) is 20.0. The van der Waals surface area contributed by atoms with Crippen molar-refractivity contribution in [1.82, 2.24) is 19.5 Å². The molecule has 5 aromatic rings. The van der Waals surface area contributed by atoms with E-state index in [0.717, 1.165) is 22.3 Å². The van der Waals surface area contributed by atoms with E-state index in [0.29, 0.717) is 22.8 Å². The van der Waals surface area contributed by atoms with E-state index in [1.54, 1.807) is 19.2 Å². The third-order valence-electron chi connectivity index (χ3n) is 4.68. The quantitative estimate of drug-likeness (QED) is 0.402. The first-order valence-electron chi connectivity index (χ1n) is 8.89. The predicted molar refractivity (Wildman–Crippen MR) is 111 cm³/mol. The number of hydrogen-bond donors (Lipinski definition) is 0. The second-order valence-corrected chi connectivity index (χ2v) is 6.86. The number of benzene rings is 3. The SMILES string of the molecule is COc1ccc(-c2nc3nc4ccccc4nc3n2-c2ccc(F)c(Cl)c2)cc1. The van der Waals surface area contributed by atoms with Crippen molar-refractivity contribution >= 4 is 33.9 Å². The van der Waals surface area contributed by atoms with Crippen molar-refractivity contribution in [2.45, 2.75) is 0 Å². The minimum absolute atomic E-state index is 0.0266. The van der Waals surface area contributed by atoms with Gasteiger partial charge in [0.2, 0.25) is 0 Å². The number of rotatable bonds is 3. The molecule has 0 saturated carbocycles. The van der Waals surface area contributed by atoms with Crippen LogP contribution in [0.1, 0.15) is 0 Å². The molecule has 0 fully saturated rings. The third kappa shape index (κ3) is 2.98. The highest BCUT2D eigenvalue weighted by atomic mass is 35.5. The van der Waals surface area contributed by atoms with Gasteiger partial charge in [-0.3, -0.25) is 4.57 Å². The molecule has 0 bridgehead atoms. The minimum Gasteiger partial charge on any atom is -0.497 e. The zero-order valence-electron chi connectivity index (χ0n) is 15.3. The number of aromatic nitrogens is 4. The Morgan fingerprint density at radius 3 is 2.31 bits per heavy atom. The van der Waals surface area contributed by atoms with Gasteiger partial charge in [-0.2, -0.15) is 0 Å². The van der Waals surface area contributed by atoms with Gasteiger partial charge in [0, 0.05) is 5.56 Å². The van der Waals surface area contributed by atoms with Crippen molar-refractivity contribution in [3.8, 4) is 22.8 Å². The van der Waals surface area contributed by atoms with E-state index in [1.165, 1.54) is 6.07 Å². The fourth-order valence-corrected chi connectivity index (χ4v) is 3.43. The van der Waals surface area contributed by atoms with E-state index in [2.05, 4.69) is 4.98 Å². The number of fused-ring (bicyclic) bond motifs is 2. The first-order valence-corrected chi connectivity index (χ1v) is 9.27. The third-order valence-corrected chi connectivity index (χ3v) is 4.97. The Morgan fingerprint density at radius 1 is 0.897 bits per heavy atom. The van der Waals surface area contributed by atoms with Crippen LogP contribution in [0.15, 0.2) is 66.7 Å². The van der Waals surface area contributed by atoms with Crippen LogP contribution in [0.5, 0.6) is 5.75 Å². The van der Waals surface area contributed by atoms with Crippen LogP contribution in [-0.2, 0) is 0 Å². The van der Waals surface area contributed by atoms with E-state index in [-0.39, 0.29) is 5.02 Å². The molecule has 0 aliphatic rings. The van der Waals surface area contributed by atoms with Gasteiger partial charge in [-0.05, 0) is 54.6 Å². The van der Waals surface area contributed by atoms with E-state index >= 15 is 0 Å². The molecule has 29 heavy (non-hydrogen) atoms. The number of halogens is 2. The molecule has 3 aromatic carbocycles. The van der Waals surface area contributed by atoms with Gasteiger partial charge in [0.15, 0.2) is 11.3 Å². The van der Waals surface area contributed by atoms with Crippen molar-refractivity contribution in [3.05, 3.63) is 77.6 Å². The van der Waals surface area contributed by atoms with Gasteiger partial charge in [-0.15, -0.1) is 0 Å². The Balaban J connectivity index is 1.84. The average Bonchev–Trinajstić information content (AvgIpc) is 3.12. The van der Waals surface area contributed by atoms with Crippen molar-refractivity contribution < 1.29 is 9.13 Å². The maximum atomic E-state index is 13.8. The molecule has 0 aliphatic heterocycles. The molecule has 5 nitrogen and oxygen atoms in total. The summed E-state index contributed by atoms with van der Waals surface area (Å²) in [6.07, 6.45) is 0. The average molecular weight is 405 g/mol. The highest BCUT2D eigenvalue weighted by Gasteiger charge is 2.18. The summed E-state index contributed by atoms with van der Waals surface area (Å²) in [5, 5.41) is 0.0266. The molecule has 0 saturated heterocycles. The highest BCUT2D eigenvalue weighted by molar-refractivity contribution is 6.30. The van der Waals surface area contributed by atoms with Crippen molar-refractivity contribution in [2.75, 3.05) is 7.11 Å². The molecule has 7 heteroatoms. The normalized spacial score (nSPS) is 11.3. The number of imidazole rings is 1. The van der Waals surface area contributed by atoms with E-state index < -0.39 is 5.82 Å². The highest BCUT2D eigenvalue weighted by Crippen LogP contribution is 2.30. The summed E-state index contributed by atoms with van der Waals surface area (Å²) in [5.41, 5.74) is 4.05. The minimum atomic E-state index is -0.484. The molecular weight excluding hydrogens is 391 g/mol. The van der Waals surface area contributed by atoms with Crippen molar-refractivity contribution in [2.24, 2.45) is 0 Å². The molecule has 0 spiro atoms. The van der Waals surface area contributed by atoms with Gasteiger partial charge < -0.3 is 4.74 Å². The van der Waals surface area contributed by atoms with E-state index in [4.69, 9.17) is 26.3 Å². The van der Waals surface area contributed by atoms with Crippen LogP contribution in [0, 0.1) is 5.82 Å². The van der Waals surface area contributed by atoms with E-state index in [9.17, 15) is 4.39 Å². The molecule has 0 atom stereocenters. The lowest BCUT2D eigenvalue weighted by atomic mass is 10.2. The second-order valence-electron chi connectivity index (χ2n) is 6.46. The maximum absolute atomic E-state index is 13.8. The van der Waals surface area contributed by atoms with Gasteiger partial charge >= 0.3 is 0 Å². The number of hydrogen-bond acceptors (Lipinski definition) is 4. The summed E-state index contributed by atoms with van der Waals surface area (Å²) >= 11 is 6.05. The molecule has 0 N–H and O–H groups in total. The van der Waals surface area contributed by atoms with Gasteiger partial charge in [0.05, 0.1) is 28.9 Å². The Bertz CT molecular complexity index is 1370. The van der Waals surface area contributed by atoms with Crippen LogP contribution in [0.4, 0.5) is 4.39 Å². The van der Waals surface area contributed by atoms with Crippen LogP contribution in [-0.4, -0.2) is 26.6 Å². The van der Waals surface area contributed by atoms with Crippen LogP contribution in [0.25, 0.3) is 39.4 Å². The second kappa shape index (κ2) is 6.83. The standard InChI is InChI=1S/C22H14ClFN4O/c1-29-15-9-6-13(7-10-15)21-27-20-22(26-19-5-3-2-4-18(19)25-20)28(21)14-8-11-17(24)16(23)12-14/h2-12H,1H3. The summed E-state index contributed by atoms with van der Waals surface area (Å²) in [4.78, 5) is 14.1. The molecule has 2 aromatic heterocycles. The van der Waals surface area contributed by atoms with Gasteiger partial charge in [0.25, 0.3) is 0 Å². The van der Waals surface area contributed by atoms with E-state index in [1.807, 2.05) is 53.1 Å². The first kappa shape index (κ1) is 17.6. The molecule has 0 amide bonds. The smallest absolute Gasteiger partial charge is 0.199 e. The first-order chi connectivity index (χ1) is 14.1. The Hall–Kier alpha value is -3.51. The summed E-state index contributed by atoms with van der Waals surface area (Å²) in [6, 6.07) is 19.6. The predicted octanol–water partition coefficient (Wildman–Crippen LogP) is 5.44. The Morgan fingerprint density at radius 2 is 1.62 bits per heavy atom. The molecule has 0 unspecified atom stereocenters. The Kier molecular flexibility index (Phi) is 4.14. The summed E-state index contributed by atoms with van der Waals surface area (Å²) in [7, 11) is 1.62. The summed E-state index contributed by atoms with van der Waals surface area (Å²) < 4.78 is 20.9. The summed E-state index contributed by atoms with van der Waals surface area (Å²) in [5.74, 6) is 0.881. The van der Waals surface area contributed by atoms with Gasteiger partial charge in [-0.1, -0.05) is 23.7 Å². The van der Waals surface area contributed by atoms with Crippen molar-refractivity contribution in [1.29, 1.82) is 0 Å². The van der Waals surface area contributed by atoms with Gasteiger partial charge in [-0.25, -0.2) is 19.3 Å².